The van der Waals surface area contributed by atoms with Crippen LogP contribution in [-0.2, 0) is 9.53 Å². The minimum atomic E-state index is -0.166. The van der Waals surface area contributed by atoms with Gasteiger partial charge in [-0.2, -0.15) is 0 Å². The Morgan fingerprint density at radius 3 is 2.09 bits per heavy atom. The third-order valence-corrected chi connectivity index (χ3v) is 4.03. The molecular weight excluding hydrogens is 446 g/mol. The Hall–Kier alpha value is -2.37. The second kappa shape index (κ2) is 31.6. The molecule has 0 saturated carbocycles. The van der Waals surface area contributed by atoms with E-state index in [1.807, 2.05) is 46.8 Å². The largest absolute Gasteiger partial charge is 0.494 e. The second-order valence-electron chi connectivity index (χ2n) is 6.88. The first kappa shape index (κ1) is 39.8. The molecule has 0 aromatic carbocycles. The number of hydrogen-bond acceptors (Lipinski definition) is 3. The summed E-state index contributed by atoms with van der Waals surface area (Å²) in [5.74, 6) is 1.13. The van der Waals surface area contributed by atoms with Crippen molar-refractivity contribution in [2.24, 2.45) is 5.92 Å². The van der Waals surface area contributed by atoms with Crippen molar-refractivity contribution in [1.82, 2.24) is 10.2 Å². The van der Waals surface area contributed by atoms with Crippen LogP contribution in [0.15, 0.2) is 60.3 Å². The van der Waals surface area contributed by atoms with E-state index in [2.05, 4.69) is 42.8 Å². The first-order chi connectivity index (χ1) is 16.9. The van der Waals surface area contributed by atoms with Gasteiger partial charge in [-0.25, -0.2) is 4.39 Å². The lowest BCUT2D eigenvalue weighted by molar-refractivity contribution is -0.119. The number of nitrogens with zero attached hydrogens (tertiary/aromatic N) is 1. The van der Waals surface area contributed by atoms with Gasteiger partial charge < -0.3 is 15.0 Å². The number of hydrogen-bond donors (Lipinski definition) is 1. The summed E-state index contributed by atoms with van der Waals surface area (Å²) in [7, 11) is 0.500. The molecule has 0 fully saturated rings. The van der Waals surface area contributed by atoms with Gasteiger partial charge in [-0.1, -0.05) is 60.3 Å². The number of rotatable bonds is 11. The van der Waals surface area contributed by atoms with Crippen molar-refractivity contribution in [3.8, 4) is 0 Å². The van der Waals surface area contributed by atoms with Crippen LogP contribution in [-0.4, -0.2) is 44.2 Å². The van der Waals surface area contributed by atoms with Crippen LogP contribution in [0.4, 0.5) is 8.78 Å². The third kappa shape index (κ3) is 26.1. The maximum absolute atomic E-state index is 12.9. The van der Waals surface area contributed by atoms with Gasteiger partial charge in [0.2, 0.25) is 5.91 Å². The maximum atomic E-state index is 12.9. The van der Waals surface area contributed by atoms with Crippen LogP contribution in [0.25, 0.3) is 0 Å². The molecule has 0 aromatic heterocycles. The molecule has 206 valence electrons. The smallest absolute Gasteiger partial charge is 0.216 e. The van der Waals surface area contributed by atoms with E-state index in [0.29, 0.717) is 26.2 Å². The highest BCUT2D eigenvalue weighted by Crippen LogP contribution is 2.16. The van der Waals surface area contributed by atoms with Crippen molar-refractivity contribution in [2.75, 3.05) is 33.4 Å². The molecule has 6 heteroatoms. The first-order valence-corrected chi connectivity index (χ1v) is 12.9. The van der Waals surface area contributed by atoms with E-state index in [-0.39, 0.29) is 11.7 Å². The van der Waals surface area contributed by atoms with E-state index < -0.39 is 0 Å². The number of nitrogens with one attached hydrogen (secondary N) is 1. The summed E-state index contributed by atoms with van der Waals surface area (Å²) in [6, 6.07) is 0. The summed E-state index contributed by atoms with van der Waals surface area (Å²) < 4.78 is 27.8. The van der Waals surface area contributed by atoms with Gasteiger partial charge in [-0.15, -0.1) is 0 Å². The molecule has 0 aliphatic heterocycles. The van der Waals surface area contributed by atoms with Crippen molar-refractivity contribution >= 4 is 5.91 Å². The predicted molar refractivity (Wildman–Crippen MR) is 151 cm³/mol. The molecule has 0 saturated heterocycles. The zero-order valence-corrected chi connectivity index (χ0v) is 24.2. The molecule has 1 amide bonds. The van der Waals surface area contributed by atoms with Gasteiger partial charge in [0.1, 0.15) is 5.76 Å². The van der Waals surface area contributed by atoms with Crippen molar-refractivity contribution in [3.05, 3.63) is 60.3 Å². The fraction of sp³-hybridized carbons (Fsp3) is 0.621. The number of alkyl halides is 1. The Morgan fingerprint density at radius 2 is 1.69 bits per heavy atom. The van der Waals surface area contributed by atoms with Crippen LogP contribution in [0.3, 0.4) is 0 Å². The lowest BCUT2D eigenvalue weighted by atomic mass is 10.00. The molecule has 1 rings (SSSR count). The molecule has 4 nitrogen and oxygen atoms in total. The summed E-state index contributed by atoms with van der Waals surface area (Å²) in [5.41, 5.74) is 0.911. The number of allylic oxidation sites excluding steroid dienone is 6. The molecule has 1 unspecified atom stereocenters. The monoisotopic (exact) mass is 500 g/mol. The highest BCUT2D eigenvalue weighted by molar-refractivity contribution is 5.72. The van der Waals surface area contributed by atoms with Crippen molar-refractivity contribution in [3.63, 3.8) is 0 Å². The van der Waals surface area contributed by atoms with E-state index in [9.17, 15) is 13.6 Å². The molecule has 1 aliphatic carbocycles. The lowest BCUT2D eigenvalue weighted by Gasteiger charge is -2.24. The van der Waals surface area contributed by atoms with Gasteiger partial charge >= 0.3 is 0 Å². The average Bonchev–Trinajstić information content (AvgIpc) is 2.87. The number of ether oxygens (including phenoxy) is 1. The standard InChI is InChI=1S/C13H22FN.C11H17NO2.2C2H6.CH3F/c1-5-8-13(11-12(4)14)15(9-6-2)10-7-3;1-3-14-11-6-4-5-10(7-11)8-12-9(2)13;3*1-2/h5,8,11H,1,6-7,9-10H2,2-4H3;4,6-7,10H,3,5,8H2,1-2H3,(H,12,13);2*1-2H3;1H3/b12-11+,13-8+;;;;. The van der Waals surface area contributed by atoms with E-state index >= 15 is 0 Å². The summed E-state index contributed by atoms with van der Waals surface area (Å²) in [4.78, 5) is 12.9. The zero-order chi connectivity index (χ0) is 28.1. The first-order valence-electron chi connectivity index (χ1n) is 12.9. The van der Waals surface area contributed by atoms with Gasteiger partial charge in [-0.05, 0) is 57.4 Å². The van der Waals surface area contributed by atoms with Crippen LogP contribution in [0.5, 0.6) is 0 Å². The molecule has 35 heavy (non-hydrogen) atoms. The second-order valence-corrected chi connectivity index (χ2v) is 6.88. The highest BCUT2D eigenvalue weighted by atomic mass is 19.1. The molecule has 0 bridgehead atoms. The predicted octanol–water partition coefficient (Wildman–Crippen LogP) is 8.31. The maximum Gasteiger partial charge on any atom is 0.216 e. The van der Waals surface area contributed by atoms with Crippen molar-refractivity contribution in [1.29, 1.82) is 0 Å². The topological polar surface area (TPSA) is 41.6 Å². The van der Waals surface area contributed by atoms with Gasteiger partial charge in [-0.3, -0.25) is 9.18 Å². The Morgan fingerprint density at radius 1 is 1.14 bits per heavy atom. The van der Waals surface area contributed by atoms with Crippen LogP contribution >= 0.6 is 0 Å². The molecule has 0 heterocycles. The van der Waals surface area contributed by atoms with Crippen LogP contribution in [0, 0.1) is 5.92 Å². The average molecular weight is 501 g/mol. The molecule has 0 spiro atoms. The molecule has 0 aromatic rings. The lowest BCUT2D eigenvalue weighted by Crippen LogP contribution is -2.26. The SMILES string of the molecule is C=C/C=C(\C=C(/C)F)N(CCC)CCC.CC.CC.CCOC1=CC(CNC(C)=O)CC=C1.CF. The summed E-state index contributed by atoms with van der Waals surface area (Å²) in [6.07, 6.45) is 14.3. The molecule has 1 aliphatic rings. The van der Waals surface area contributed by atoms with E-state index in [0.717, 1.165) is 43.8 Å². The van der Waals surface area contributed by atoms with Crippen molar-refractivity contribution in [2.45, 2.75) is 81.6 Å². The van der Waals surface area contributed by atoms with Gasteiger partial charge in [0.05, 0.1) is 19.6 Å². The fourth-order valence-electron chi connectivity index (χ4n) is 2.87. The number of halogens is 2. The molecule has 1 N–H and O–H groups in total. The Bertz CT molecular complexity index is 602. The minimum Gasteiger partial charge on any atom is -0.494 e. The number of carbonyl (C=O) groups is 1. The minimum absolute atomic E-state index is 0.0194. The van der Waals surface area contributed by atoms with Gasteiger partial charge in [0.25, 0.3) is 0 Å². The van der Waals surface area contributed by atoms with E-state index in [1.165, 1.54) is 13.8 Å². The quantitative estimate of drug-likeness (QED) is 0.290. The number of amides is 1. The van der Waals surface area contributed by atoms with Gasteiger partial charge in [0, 0.05) is 38.2 Å². The molecular formula is C29H54F2N2O2. The normalized spacial score (nSPS) is 14.1. The zero-order valence-electron chi connectivity index (χ0n) is 24.2. The summed E-state index contributed by atoms with van der Waals surface area (Å²) >= 11 is 0. The van der Waals surface area contributed by atoms with Crippen LogP contribution in [0.1, 0.15) is 81.6 Å². The van der Waals surface area contributed by atoms with Gasteiger partial charge in [0.15, 0.2) is 0 Å². The summed E-state index contributed by atoms with van der Waals surface area (Å²) in [6.45, 7) is 24.2. The van der Waals surface area contributed by atoms with Crippen LogP contribution in [0.2, 0.25) is 0 Å². The Balaban J connectivity index is -0.000000226. The Labute approximate surface area is 215 Å². The van der Waals surface area contributed by atoms with Crippen molar-refractivity contribution < 1.29 is 18.3 Å². The number of carbonyl (C=O) groups excluding carboxylic acids is 1. The molecule has 1 atom stereocenters. The highest BCUT2D eigenvalue weighted by Gasteiger charge is 2.10. The van der Waals surface area contributed by atoms with Crippen LogP contribution < -0.4 is 5.32 Å². The van der Waals surface area contributed by atoms with E-state index in [1.54, 1.807) is 12.2 Å². The fourth-order valence-corrected chi connectivity index (χ4v) is 2.87. The third-order valence-electron chi connectivity index (χ3n) is 4.03. The summed E-state index contributed by atoms with van der Waals surface area (Å²) in [5, 5.41) is 2.80. The van der Waals surface area contributed by atoms with E-state index in [4.69, 9.17) is 4.74 Å². The Kier molecular flexibility index (Phi) is 36.0. The molecule has 0 radical (unpaired) electrons.